The van der Waals surface area contributed by atoms with Gasteiger partial charge in [-0.1, -0.05) is 23.4 Å². The van der Waals surface area contributed by atoms with Gasteiger partial charge in [-0.25, -0.2) is 0 Å². The minimum atomic E-state index is -0.288. The summed E-state index contributed by atoms with van der Waals surface area (Å²) in [5.74, 6) is 1.05. The number of hydrogen-bond donors (Lipinski definition) is 1. The Labute approximate surface area is 151 Å². The number of nitrogens with zero attached hydrogens (tertiary/aromatic N) is 3. The maximum Gasteiger partial charge on any atom is 0.274 e. The Morgan fingerprint density at radius 3 is 2.73 bits per heavy atom. The molecule has 0 unspecified atom stereocenters. The van der Waals surface area contributed by atoms with Gasteiger partial charge in [0.05, 0.1) is 19.3 Å². The third kappa shape index (κ3) is 3.61. The molecule has 1 amide bonds. The molecule has 0 saturated heterocycles. The number of nitrogens with one attached hydrogen (secondary N) is 1. The van der Waals surface area contributed by atoms with Gasteiger partial charge in [0, 0.05) is 23.4 Å². The third-order valence-electron chi connectivity index (χ3n) is 4.24. The average molecular weight is 354 g/mol. The van der Waals surface area contributed by atoms with Crippen LogP contribution in [0.15, 0.2) is 34.9 Å². The molecule has 0 fully saturated rings. The van der Waals surface area contributed by atoms with Crippen LogP contribution in [-0.4, -0.2) is 28.0 Å². The number of carbonyl (C=O) groups is 1. The van der Waals surface area contributed by atoms with Crippen molar-refractivity contribution < 1.29 is 14.1 Å². The lowest BCUT2D eigenvalue weighted by Crippen LogP contribution is -2.25. The van der Waals surface area contributed by atoms with E-state index in [1.807, 2.05) is 48.9 Å². The molecule has 1 N–H and O–H groups in total. The van der Waals surface area contributed by atoms with Crippen molar-refractivity contribution >= 4 is 5.91 Å². The predicted octanol–water partition coefficient (Wildman–Crippen LogP) is 2.78. The number of amides is 1. The van der Waals surface area contributed by atoms with Gasteiger partial charge in [-0.3, -0.25) is 9.48 Å². The lowest BCUT2D eigenvalue weighted by atomic mass is 10.1. The van der Waals surface area contributed by atoms with Crippen LogP contribution in [0.1, 0.15) is 38.8 Å². The zero-order valence-corrected chi connectivity index (χ0v) is 15.4. The molecule has 26 heavy (non-hydrogen) atoms. The first kappa shape index (κ1) is 17.7. The quantitative estimate of drug-likeness (QED) is 0.736. The molecule has 1 aromatic carbocycles. The molecule has 0 aliphatic rings. The third-order valence-corrected chi connectivity index (χ3v) is 4.24. The molecule has 2 aromatic heterocycles. The molecule has 0 spiro atoms. The Hall–Kier alpha value is -3.09. The fraction of sp³-hybridized carbons (Fsp3) is 0.316. The first-order valence-corrected chi connectivity index (χ1v) is 8.36. The van der Waals surface area contributed by atoms with E-state index in [0.717, 1.165) is 28.3 Å². The van der Waals surface area contributed by atoms with E-state index in [-0.39, 0.29) is 11.6 Å². The van der Waals surface area contributed by atoms with Gasteiger partial charge >= 0.3 is 0 Å². The summed E-state index contributed by atoms with van der Waals surface area (Å²) in [5.41, 5.74) is 3.85. The molecule has 0 radical (unpaired) electrons. The summed E-state index contributed by atoms with van der Waals surface area (Å²) in [5, 5.41) is 11.3. The van der Waals surface area contributed by atoms with Gasteiger partial charge < -0.3 is 14.6 Å². The Morgan fingerprint density at radius 1 is 1.27 bits per heavy atom. The minimum absolute atomic E-state index is 0.282. The number of ether oxygens (including phenoxy) is 1. The van der Waals surface area contributed by atoms with E-state index >= 15 is 0 Å². The van der Waals surface area contributed by atoms with Crippen molar-refractivity contribution in [1.29, 1.82) is 0 Å². The van der Waals surface area contributed by atoms with Crippen molar-refractivity contribution in [3.8, 4) is 5.75 Å². The fourth-order valence-electron chi connectivity index (χ4n) is 2.85. The standard InChI is InChI=1S/C19H22N4O3/c1-12-9-13(2)23(21-12)11-16-14(3)26-22-18(16)19(24)20-10-15-7-5-6-8-17(15)25-4/h5-9H,10-11H2,1-4H3,(H,20,24). The number of hydrogen-bond acceptors (Lipinski definition) is 5. The lowest BCUT2D eigenvalue weighted by molar-refractivity contribution is 0.0940. The number of carbonyl (C=O) groups excluding carboxylic acids is 1. The molecule has 7 nitrogen and oxygen atoms in total. The molecule has 0 bridgehead atoms. The van der Waals surface area contributed by atoms with Crippen molar-refractivity contribution in [1.82, 2.24) is 20.3 Å². The molecule has 2 heterocycles. The predicted molar refractivity (Wildman–Crippen MR) is 96.2 cm³/mol. The van der Waals surface area contributed by atoms with E-state index in [4.69, 9.17) is 9.26 Å². The highest BCUT2D eigenvalue weighted by Gasteiger charge is 2.21. The molecule has 0 atom stereocenters. The summed E-state index contributed by atoms with van der Waals surface area (Å²) in [6.45, 7) is 6.49. The van der Waals surface area contributed by atoms with E-state index in [2.05, 4.69) is 15.6 Å². The molecular formula is C19H22N4O3. The number of para-hydroxylation sites is 1. The fourth-order valence-corrected chi connectivity index (χ4v) is 2.85. The van der Waals surface area contributed by atoms with Crippen molar-refractivity contribution in [3.05, 3.63) is 64.3 Å². The van der Waals surface area contributed by atoms with E-state index in [9.17, 15) is 4.79 Å². The van der Waals surface area contributed by atoms with Gasteiger partial charge in [0.15, 0.2) is 5.69 Å². The van der Waals surface area contributed by atoms with Gasteiger partial charge in [-0.15, -0.1) is 0 Å². The molecule has 0 aliphatic carbocycles. The lowest BCUT2D eigenvalue weighted by Gasteiger charge is -2.09. The highest BCUT2D eigenvalue weighted by Crippen LogP contribution is 2.19. The number of benzene rings is 1. The van der Waals surface area contributed by atoms with Crippen LogP contribution in [0.3, 0.4) is 0 Å². The zero-order chi connectivity index (χ0) is 18.7. The van der Waals surface area contributed by atoms with Crippen LogP contribution in [0.5, 0.6) is 5.75 Å². The van der Waals surface area contributed by atoms with Crippen molar-refractivity contribution in [3.63, 3.8) is 0 Å². The van der Waals surface area contributed by atoms with Crippen molar-refractivity contribution in [2.24, 2.45) is 0 Å². The number of rotatable bonds is 6. The second kappa shape index (κ2) is 7.43. The molecule has 3 rings (SSSR count). The second-order valence-electron chi connectivity index (χ2n) is 6.15. The largest absolute Gasteiger partial charge is 0.496 e. The number of methoxy groups -OCH3 is 1. The van der Waals surface area contributed by atoms with Gasteiger partial charge in [0.2, 0.25) is 0 Å². The van der Waals surface area contributed by atoms with Crippen molar-refractivity contribution in [2.45, 2.75) is 33.9 Å². The summed E-state index contributed by atoms with van der Waals surface area (Å²) in [6, 6.07) is 9.54. The van der Waals surface area contributed by atoms with E-state index < -0.39 is 0 Å². The Kier molecular flexibility index (Phi) is 5.06. The Balaban J connectivity index is 1.77. The van der Waals surface area contributed by atoms with E-state index in [1.165, 1.54) is 0 Å². The molecule has 3 aromatic rings. The second-order valence-corrected chi connectivity index (χ2v) is 6.15. The average Bonchev–Trinajstić information content (AvgIpc) is 3.15. The van der Waals surface area contributed by atoms with Crippen LogP contribution in [0, 0.1) is 20.8 Å². The molecule has 7 heteroatoms. The summed E-state index contributed by atoms with van der Waals surface area (Å²) < 4.78 is 12.4. The maximum absolute atomic E-state index is 12.6. The van der Waals surface area contributed by atoms with Gasteiger partial charge in [-0.2, -0.15) is 5.10 Å². The van der Waals surface area contributed by atoms with Gasteiger partial charge in [-0.05, 0) is 32.9 Å². The first-order chi connectivity index (χ1) is 12.5. The number of aromatic nitrogens is 3. The van der Waals surface area contributed by atoms with Crippen LogP contribution in [0.25, 0.3) is 0 Å². The molecular weight excluding hydrogens is 332 g/mol. The van der Waals surface area contributed by atoms with Crippen LogP contribution < -0.4 is 10.1 Å². The molecule has 0 saturated carbocycles. The maximum atomic E-state index is 12.6. The smallest absolute Gasteiger partial charge is 0.274 e. The van der Waals surface area contributed by atoms with Crippen LogP contribution in [0.2, 0.25) is 0 Å². The van der Waals surface area contributed by atoms with Crippen LogP contribution in [-0.2, 0) is 13.1 Å². The summed E-state index contributed by atoms with van der Waals surface area (Å²) in [7, 11) is 1.61. The van der Waals surface area contributed by atoms with Crippen LogP contribution in [0.4, 0.5) is 0 Å². The molecule has 136 valence electrons. The number of aryl methyl sites for hydroxylation is 3. The SMILES string of the molecule is COc1ccccc1CNC(=O)c1noc(C)c1Cn1nc(C)cc1C. The Morgan fingerprint density at radius 2 is 2.04 bits per heavy atom. The minimum Gasteiger partial charge on any atom is -0.496 e. The monoisotopic (exact) mass is 354 g/mol. The topological polar surface area (TPSA) is 82.2 Å². The highest BCUT2D eigenvalue weighted by molar-refractivity contribution is 5.93. The normalized spacial score (nSPS) is 10.8. The zero-order valence-electron chi connectivity index (χ0n) is 15.4. The van der Waals surface area contributed by atoms with E-state index in [1.54, 1.807) is 14.0 Å². The first-order valence-electron chi connectivity index (χ1n) is 8.36. The summed E-state index contributed by atoms with van der Waals surface area (Å²) >= 11 is 0. The van der Waals surface area contributed by atoms with E-state index in [0.29, 0.717) is 18.8 Å². The Bertz CT molecular complexity index is 927. The summed E-state index contributed by atoms with van der Waals surface area (Å²) in [6.07, 6.45) is 0. The summed E-state index contributed by atoms with van der Waals surface area (Å²) in [4.78, 5) is 12.6. The highest BCUT2D eigenvalue weighted by atomic mass is 16.5. The molecule has 0 aliphatic heterocycles. The van der Waals surface area contributed by atoms with Gasteiger partial charge in [0.25, 0.3) is 5.91 Å². The van der Waals surface area contributed by atoms with Crippen molar-refractivity contribution in [2.75, 3.05) is 7.11 Å². The van der Waals surface area contributed by atoms with Gasteiger partial charge in [0.1, 0.15) is 11.5 Å². The van der Waals surface area contributed by atoms with Crippen LogP contribution >= 0.6 is 0 Å².